The van der Waals surface area contributed by atoms with Crippen molar-refractivity contribution in [2.24, 2.45) is 7.05 Å². The smallest absolute Gasteiger partial charge is 0.435 e. The molecular weight excluding hydrogens is 381 g/mol. The first-order valence-corrected chi connectivity index (χ1v) is 8.87. The number of alkyl halides is 3. The van der Waals surface area contributed by atoms with E-state index in [0.717, 1.165) is 32.0 Å². The van der Waals surface area contributed by atoms with E-state index < -0.39 is 11.9 Å². The molecule has 0 radical (unpaired) electrons. The Morgan fingerprint density at radius 2 is 2.04 bits per heavy atom. The van der Waals surface area contributed by atoms with E-state index in [1.807, 2.05) is 18.4 Å². The van der Waals surface area contributed by atoms with E-state index >= 15 is 0 Å². The van der Waals surface area contributed by atoms with Gasteiger partial charge in [-0.25, -0.2) is 0 Å². The van der Waals surface area contributed by atoms with Crippen LogP contribution in [0.2, 0.25) is 0 Å². The molecule has 144 valence electrons. The van der Waals surface area contributed by atoms with Crippen molar-refractivity contribution in [1.29, 1.82) is 0 Å². The number of benzene rings is 1. The number of ether oxygens (including phenoxy) is 2. The standard InChI is InChI=1S/C18H17F3N2O3S/c1-10-4-13(7-14-17(10)11(9-27-14)5-16(24)25-3)26-8-12-6-15(18(19,20)21)22-23(12)2/h4,6-7,9H,5,8H2,1-3H3. The Labute approximate surface area is 157 Å². The molecule has 1 aromatic carbocycles. The lowest BCUT2D eigenvalue weighted by atomic mass is 10.1. The first-order valence-electron chi connectivity index (χ1n) is 7.99. The number of hydrogen-bond acceptors (Lipinski definition) is 5. The fourth-order valence-corrected chi connectivity index (χ4v) is 3.86. The minimum Gasteiger partial charge on any atom is -0.487 e. The van der Waals surface area contributed by atoms with Gasteiger partial charge < -0.3 is 9.47 Å². The number of aryl methyl sites for hydroxylation is 2. The number of methoxy groups -OCH3 is 1. The van der Waals surface area contributed by atoms with Crippen molar-refractivity contribution in [3.8, 4) is 5.75 Å². The lowest BCUT2D eigenvalue weighted by Crippen LogP contribution is -2.06. The summed E-state index contributed by atoms with van der Waals surface area (Å²) in [5.41, 5.74) is 1.18. The molecule has 9 heteroatoms. The molecule has 0 aliphatic rings. The van der Waals surface area contributed by atoms with E-state index in [4.69, 9.17) is 9.47 Å². The predicted molar refractivity (Wildman–Crippen MR) is 94.8 cm³/mol. The molecule has 0 N–H and O–H groups in total. The van der Waals surface area contributed by atoms with Crippen molar-refractivity contribution in [1.82, 2.24) is 9.78 Å². The van der Waals surface area contributed by atoms with Gasteiger partial charge in [0, 0.05) is 11.7 Å². The second kappa shape index (κ2) is 7.22. The molecule has 0 saturated heterocycles. The third-order valence-corrected chi connectivity index (χ3v) is 5.12. The highest BCUT2D eigenvalue weighted by atomic mass is 32.1. The van der Waals surface area contributed by atoms with Crippen LogP contribution in [0.4, 0.5) is 13.2 Å². The molecule has 3 aromatic rings. The van der Waals surface area contributed by atoms with E-state index in [-0.39, 0.29) is 19.0 Å². The molecule has 0 bridgehead atoms. The topological polar surface area (TPSA) is 53.4 Å². The Bertz CT molecular complexity index is 992. The number of thiophene rings is 1. The highest BCUT2D eigenvalue weighted by Gasteiger charge is 2.34. The zero-order valence-corrected chi connectivity index (χ0v) is 15.7. The Morgan fingerprint density at radius 3 is 2.67 bits per heavy atom. The molecule has 0 aliphatic carbocycles. The fraction of sp³-hybridized carbons (Fsp3) is 0.333. The number of fused-ring (bicyclic) bond motifs is 1. The van der Waals surface area contributed by atoms with Crippen molar-refractivity contribution in [2.75, 3.05) is 7.11 Å². The van der Waals surface area contributed by atoms with Crippen molar-refractivity contribution in [3.63, 3.8) is 0 Å². The molecule has 2 heterocycles. The summed E-state index contributed by atoms with van der Waals surface area (Å²) in [4.78, 5) is 11.5. The number of rotatable bonds is 5. The van der Waals surface area contributed by atoms with Crippen molar-refractivity contribution in [3.05, 3.63) is 46.1 Å². The Kier molecular flexibility index (Phi) is 5.14. The summed E-state index contributed by atoms with van der Waals surface area (Å²) in [6, 6.07) is 4.59. The van der Waals surface area contributed by atoms with Gasteiger partial charge in [-0.05, 0) is 47.0 Å². The van der Waals surface area contributed by atoms with Crippen LogP contribution in [0.3, 0.4) is 0 Å². The monoisotopic (exact) mass is 398 g/mol. The highest BCUT2D eigenvalue weighted by molar-refractivity contribution is 7.17. The van der Waals surface area contributed by atoms with E-state index in [9.17, 15) is 18.0 Å². The van der Waals surface area contributed by atoms with Crippen molar-refractivity contribution in [2.45, 2.75) is 26.1 Å². The molecule has 0 saturated carbocycles. The second-order valence-electron chi connectivity index (χ2n) is 6.06. The summed E-state index contributed by atoms with van der Waals surface area (Å²) in [7, 11) is 2.79. The number of carbonyl (C=O) groups excluding carboxylic acids is 1. The maximum atomic E-state index is 12.7. The molecule has 0 spiro atoms. The molecular formula is C18H17F3N2O3S. The van der Waals surface area contributed by atoms with E-state index in [2.05, 4.69) is 5.10 Å². The van der Waals surface area contributed by atoms with Crippen molar-refractivity contribution < 1.29 is 27.4 Å². The Balaban J connectivity index is 1.81. The van der Waals surface area contributed by atoms with Crippen LogP contribution in [0.5, 0.6) is 5.75 Å². The van der Waals surface area contributed by atoms with Gasteiger partial charge in [0.1, 0.15) is 12.4 Å². The number of nitrogens with zero attached hydrogens (tertiary/aromatic N) is 2. The van der Waals surface area contributed by atoms with Crippen LogP contribution in [-0.4, -0.2) is 22.9 Å². The maximum absolute atomic E-state index is 12.7. The molecule has 0 aliphatic heterocycles. The largest absolute Gasteiger partial charge is 0.487 e. The summed E-state index contributed by atoms with van der Waals surface area (Å²) in [5, 5.41) is 6.34. The average molecular weight is 398 g/mol. The van der Waals surface area contributed by atoms with Gasteiger partial charge in [0.25, 0.3) is 0 Å². The minimum absolute atomic E-state index is 0.0368. The number of carbonyl (C=O) groups is 1. The third kappa shape index (κ3) is 4.08. The molecule has 0 fully saturated rings. The first kappa shape index (κ1) is 19.2. The Morgan fingerprint density at radius 1 is 1.30 bits per heavy atom. The fourth-order valence-electron chi connectivity index (χ4n) is 2.80. The Hall–Kier alpha value is -2.55. The first-order chi connectivity index (χ1) is 12.7. The SMILES string of the molecule is COC(=O)Cc1csc2cc(OCc3cc(C(F)(F)F)nn3C)cc(C)c12. The van der Waals surface area contributed by atoms with Crippen LogP contribution in [-0.2, 0) is 35.8 Å². The van der Waals surface area contributed by atoms with Crippen LogP contribution in [0.1, 0.15) is 22.5 Å². The third-order valence-electron chi connectivity index (χ3n) is 4.14. The van der Waals surface area contributed by atoms with Gasteiger partial charge in [-0.1, -0.05) is 0 Å². The summed E-state index contributed by atoms with van der Waals surface area (Å²) in [6.07, 6.45) is -4.30. The lowest BCUT2D eigenvalue weighted by molar-refractivity contribution is -0.141. The van der Waals surface area contributed by atoms with E-state index in [1.54, 1.807) is 6.07 Å². The lowest BCUT2D eigenvalue weighted by Gasteiger charge is -2.09. The van der Waals surface area contributed by atoms with Gasteiger partial charge in [0.2, 0.25) is 0 Å². The molecule has 0 atom stereocenters. The zero-order chi connectivity index (χ0) is 19.8. The van der Waals surface area contributed by atoms with Gasteiger partial charge in [-0.15, -0.1) is 11.3 Å². The molecule has 0 unspecified atom stereocenters. The normalized spacial score (nSPS) is 11.8. The van der Waals surface area contributed by atoms with E-state index in [1.165, 1.54) is 25.5 Å². The van der Waals surface area contributed by atoms with Crippen LogP contribution < -0.4 is 4.74 Å². The molecule has 5 nitrogen and oxygen atoms in total. The summed E-state index contributed by atoms with van der Waals surface area (Å²) in [6.45, 7) is 1.86. The zero-order valence-electron chi connectivity index (χ0n) is 14.9. The summed E-state index contributed by atoms with van der Waals surface area (Å²) >= 11 is 1.47. The van der Waals surface area contributed by atoms with Gasteiger partial charge in [0.05, 0.1) is 19.2 Å². The van der Waals surface area contributed by atoms with Gasteiger partial charge >= 0.3 is 12.1 Å². The van der Waals surface area contributed by atoms with Crippen molar-refractivity contribution >= 4 is 27.4 Å². The van der Waals surface area contributed by atoms with Gasteiger partial charge in [-0.3, -0.25) is 9.48 Å². The maximum Gasteiger partial charge on any atom is 0.435 e. The summed E-state index contributed by atoms with van der Waals surface area (Å²) < 4.78 is 50.7. The average Bonchev–Trinajstić information content (AvgIpc) is 3.16. The van der Waals surface area contributed by atoms with Gasteiger partial charge in [0.15, 0.2) is 5.69 Å². The predicted octanol–water partition coefficient (Wildman–Crippen LogP) is 4.26. The van der Waals surface area contributed by atoms with Crippen LogP contribution >= 0.6 is 11.3 Å². The van der Waals surface area contributed by atoms with E-state index in [0.29, 0.717) is 11.4 Å². The highest BCUT2D eigenvalue weighted by Crippen LogP contribution is 2.34. The molecule has 2 aromatic heterocycles. The second-order valence-corrected chi connectivity index (χ2v) is 6.97. The van der Waals surface area contributed by atoms with Crippen LogP contribution in [0.25, 0.3) is 10.1 Å². The van der Waals surface area contributed by atoms with Crippen LogP contribution in [0, 0.1) is 6.92 Å². The minimum atomic E-state index is -4.49. The molecule has 0 amide bonds. The summed E-state index contributed by atoms with van der Waals surface area (Å²) in [5.74, 6) is 0.229. The quantitative estimate of drug-likeness (QED) is 0.603. The number of esters is 1. The number of aromatic nitrogens is 2. The molecule has 3 rings (SSSR count). The number of halogens is 3. The van der Waals surface area contributed by atoms with Crippen LogP contribution in [0.15, 0.2) is 23.6 Å². The van der Waals surface area contributed by atoms with Gasteiger partial charge in [-0.2, -0.15) is 18.3 Å². The molecule has 27 heavy (non-hydrogen) atoms. The number of hydrogen-bond donors (Lipinski definition) is 0.